The van der Waals surface area contributed by atoms with Crippen LogP contribution in [0.5, 0.6) is 0 Å². The minimum absolute atomic E-state index is 0.0534. The molecule has 0 saturated heterocycles. The molecule has 1 amide bonds. The molecule has 4 aliphatic rings. The maximum Gasteiger partial charge on any atom is 0.261 e. The number of rotatable bonds is 3. The molecule has 4 aliphatic carbocycles. The number of carbonyl (C=O) groups excluding carboxylic acids is 1. The first-order valence-corrected chi connectivity index (χ1v) is 8.85. The van der Waals surface area contributed by atoms with Crippen LogP contribution in [0.1, 0.15) is 48.2 Å². The van der Waals surface area contributed by atoms with Gasteiger partial charge in [0.05, 0.1) is 9.21 Å². The summed E-state index contributed by atoms with van der Waals surface area (Å²) in [6.45, 7) is 0.866. The molecule has 2 nitrogen and oxygen atoms in total. The first-order chi connectivity index (χ1) is 9.62. The summed E-state index contributed by atoms with van der Waals surface area (Å²) in [7, 11) is 0. The van der Waals surface area contributed by atoms with E-state index in [4.69, 9.17) is 11.6 Å². The topological polar surface area (TPSA) is 29.1 Å². The van der Waals surface area contributed by atoms with Gasteiger partial charge in [-0.25, -0.2) is 0 Å². The highest BCUT2D eigenvalue weighted by atomic mass is 35.5. The molecule has 0 atom stereocenters. The predicted octanol–water partition coefficient (Wildman–Crippen LogP) is 4.35. The van der Waals surface area contributed by atoms with Crippen molar-refractivity contribution in [3.63, 3.8) is 0 Å². The number of halogens is 1. The largest absolute Gasteiger partial charge is 0.351 e. The molecule has 5 rings (SSSR count). The molecule has 4 heteroatoms. The monoisotopic (exact) mass is 309 g/mol. The third-order valence-corrected chi connectivity index (χ3v) is 6.82. The van der Waals surface area contributed by atoms with E-state index in [0.717, 1.165) is 29.2 Å². The Hall–Kier alpha value is -0.540. The molecule has 1 N–H and O–H groups in total. The number of hydrogen-bond acceptors (Lipinski definition) is 2. The van der Waals surface area contributed by atoms with Crippen LogP contribution >= 0.6 is 22.9 Å². The van der Waals surface area contributed by atoms with Crippen LogP contribution < -0.4 is 5.32 Å². The van der Waals surface area contributed by atoms with E-state index >= 15 is 0 Å². The lowest BCUT2D eigenvalue weighted by molar-refractivity contribution is -0.0503. The van der Waals surface area contributed by atoms with Crippen molar-refractivity contribution in [2.24, 2.45) is 23.2 Å². The van der Waals surface area contributed by atoms with E-state index < -0.39 is 0 Å². The first kappa shape index (κ1) is 13.1. The van der Waals surface area contributed by atoms with Crippen LogP contribution in [0, 0.1) is 23.2 Å². The summed E-state index contributed by atoms with van der Waals surface area (Å²) in [5.74, 6) is 2.87. The molecule has 20 heavy (non-hydrogen) atoms. The average molecular weight is 310 g/mol. The number of carbonyl (C=O) groups is 1. The second kappa shape index (κ2) is 4.74. The van der Waals surface area contributed by atoms with Gasteiger partial charge in [0.25, 0.3) is 5.91 Å². The Bertz CT molecular complexity index is 503. The van der Waals surface area contributed by atoms with Crippen LogP contribution in [0.4, 0.5) is 0 Å². The van der Waals surface area contributed by atoms with E-state index in [-0.39, 0.29) is 5.91 Å². The quantitative estimate of drug-likeness (QED) is 0.883. The predicted molar refractivity (Wildman–Crippen MR) is 82.3 cm³/mol. The summed E-state index contributed by atoms with van der Waals surface area (Å²) < 4.78 is 0.685. The van der Waals surface area contributed by atoms with E-state index in [2.05, 4.69) is 5.32 Å². The molecule has 0 unspecified atom stereocenters. The van der Waals surface area contributed by atoms with Gasteiger partial charge < -0.3 is 5.32 Å². The Morgan fingerprint density at radius 3 is 2.30 bits per heavy atom. The molecule has 0 aromatic carbocycles. The second-order valence-corrected chi connectivity index (χ2v) is 8.92. The Labute approximate surface area is 128 Å². The van der Waals surface area contributed by atoms with Crippen LogP contribution in [0.25, 0.3) is 0 Å². The van der Waals surface area contributed by atoms with Gasteiger partial charge in [-0.15, -0.1) is 11.3 Å². The van der Waals surface area contributed by atoms with E-state index in [1.54, 1.807) is 6.07 Å². The smallest absolute Gasteiger partial charge is 0.261 e. The van der Waals surface area contributed by atoms with Gasteiger partial charge in [-0.3, -0.25) is 4.79 Å². The Balaban J connectivity index is 1.43. The Kier molecular flexibility index (Phi) is 3.11. The van der Waals surface area contributed by atoms with Crippen LogP contribution in [-0.2, 0) is 0 Å². The maximum atomic E-state index is 12.2. The highest BCUT2D eigenvalue weighted by Gasteiger charge is 2.50. The molecule has 4 saturated carbocycles. The van der Waals surface area contributed by atoms with Crippen LogP contribution in [0.3, 0.4) is 0 Å². The summed E-state index contributed by atoms with van der Waals surface area (Å²) in [6.07, 6.45) is 8.37. The Morgan fingerprint density at radius 2 is 1.80 bits per heavy atom. The van der Waals surface area contributed by atoms with Crippen molar-refractivity contribution in [3.05, 3.63) is 21.3 Å². The van der Waals surface area contributed by atoms with Crippen molar-refractivity contribution in [1.82, 2.24) is 5.32 Å². The number of hydrogen-bond donors (Lipinski definition) is 1. The Morgan fingerprint density at radius 1 is 1.20 bits per heavy atom. The number of thiophene rings is 1. The normalized spacial score (nSPS) is 38.1. The van der Waals surface area contributed by atoms with Gasteiger partial charge in [-0.2, -0.15) is 0 Å². The van der Waals surface area contributed by atoms with Crippen molar-refractivity contribution in [1.29, 1.82) is 0 Å². The molecule has 0 spiro atoms. The van der Waals surface area contributed by atoms with Crippen LogP contribution in [0.2, 0.25) is 4.34 Å². The summed E-state index contributed by atoms with van der Waals surface area (Å²) in [6, 6.07) is 3.62. The summed E-state index contributed by atoms with van der Waals surface area (Å²) in [4.78, 5) is 12.9. The van der Waals surface area contributed by atoms with Crippen molar-refractivity contribution < 1.29 is 4.79 Å². The third kappa shape index (κ3) is 2.29. The van der Waals surface area contributed by atoms with E-state index in [0.29, 0.717) is 9.75 Å². The molecular weight excluding hydrogens is 290 g/mol. The summed E-state index contributed by atoms with van der Waals surface area (Å²) in [5, 5.41) is 3.18. The van der Waals surface area contributed by atoms with Gasteiger partial charge in [-0.1, -0.05) is 11.6 Å². The second-order valence-electron chi connectivity index (χ2n) is 7.20. The lowest BCUT2D eigenvalue weighted by Crippen LogP contribution is -2.51. The molecule has 1 heterocycles. The fourth-order valence-corrected chi connectivity index (χ4v) is 6.26. The summed E-state index contributed by atoms with van der Waals surface area (Å²) in [5.41, 5.74) is 0.408. The van der Waals surface area contributed by atoms with Gasteiger partial charge in [0.2, 0.25) is 0 Å². The van der Waals surface area contributed by atoms with Crippen molar-refractivity contribution in [2.75, 3.05) is 6.54 Å². The zero-order valence-electron chi connectivity index (χ0n) is 11.5. The minimum atomic E-state index is 0.0534. The molecular formula is C16H20ClNOS. The molecule has 108 valence electrons. The van der Waals surface area contributed by atoms with E-state index in [1.165, 1.54) is 49.9 Å². The van der Waals surface area contributed by atoms with Gasteiger partial charge >= 0.3 is 0 Å². The van der Waals surface area contributed by atoms with Crippen LogP contribution in [-0.4, -0.2) is 12.5 Å². The summed E-state index contributed by atoms with van der Waals surface area (Å²) >= 11 is 7.27. The van der Waals surface area contributed by atoms with Gasteiger partial charge in [0.15, 0.2) is 0 Å². The van der Waals surface area contributed by atoms with Crippen molar-refractivity contribution in [3.8, 4) is 0 Å². The first-order valence-electron chi connectivity index (χ1n) is 7.65. The SMILES string of the molecule is O=C(NCC12CC3CC(CC(C3)C1)C2)c1ccc(Cl)s1. The fraction of sp³-hybridized carbons (Fsp3) is 0.688. The van der Waals surface area contributed by atoms with E-state index in [9.17, 15) is 4.79 Å². The molecule has 0 aliphatic heterocycles. The molecule has 1 aromatic rings. The van der Waals surface area contributed by atoms with Gasteiger partial charge in [0, 0.05) is 6.54 Å². The molecule has 1 aromatic heterocycles. The van der Waals surface area contributed by atoms with E-state index in [1.807, 2.05) is 6.07 Å². The average Bonchev–Trinajstić information content (AvgIpc) is 2.81. The zero-order valence-corrected chi connectivity index (χ0v) is 13.1. The molecule has 4 fully saturated rings. The third-order valence-electron chi connectivity index (χ3n) is 5.59. The highest BCUT2D eigenvalue weighted by molar-refractivity contribution is 7.17. The molecule has 4 bridgehead atoms. The lowest BCUT2D eigenvalue weighted by atomic mass is 9.49. The number of amides is 1. The molecule has 0 radical (unpaired) electrons. The minimum Gasteiger partial charge on any atom is -0.351 e. The van der Waals surface area contributed by atoms with Crippen molar-refractivity contribution >= 4 is 28.8 Å². The standard InChI is InChI=1S/C16H20ClNOS/c17-14-2-1-13(20-14)15(19)18-9-16-6-10-3-11(7-16)5-12(4-10)8-16/h1-2,10-12H,3-9H2,(H,18,19). The van der Waals surface area contributed by atoms with Crippen LogP contribution in [0.15, 0.2) is 12.1 Å². The maximum absolute atomic E-state index is 12.2. The lowest BCUT2D eigenvalue weighted by Gasteiger charge is -2.56. The van der Waals surface area contributed by atoms with Gasteiger partial charge in [-0.05, 0) is 73.8 Å². The number of nitrogens with one attached hydrogen (secondary N) is 1. The highest BCUT2D eigenvalue weighted by Crippen LogP contribution is 2.59. The zero-order chi connectivity index (χ0) is 13.7. The van der Waals surface area contributed by atoms with Gasteiger partial charge in [0.1, 0.15) is 0 Å². The van der Waals surface area contributed by atoms with Crippen molar-refractivity contribution in [2.45, 2.75) is 38.5 Å². The fourth-order valence-electron chi connectivity index (χ4n) is 5.30.